The van der Waals surface area contributed by atoms with Crippen LogP contribution in [-0.2, 0) is 6.42 Å². The van der Waals surface area contributed by atoms with Gasteiger partial charge in [0.15, 0.2) is 5.78 Å². The normalized spacial score (nSPS) is 14.1. The van der Waals surface area contributed by atoms with E-state index in [2.05, 4.69) is 24.3 Å². The molecule has 0 spiro atoms. The molecule has 1 aliphatic rings. The van der Waals surface area contributed by atoms with E-state index in [0.29, 0.717) is 0 Å². The molecule has 2 heteroatoms. The Balaban J connectivity index is 0.00000161. The molecule has 0 unspecified atom stereocenters. The molecule has 1 aliphatic carbocycles. The lowest BCUT2D eigenvalue weighted by molar-refractivity contribution is 0.101. The van der Waals surface area contributed by atoms with Gasteiger partial charge in [-0.1, -0.05) is 67.8 Å². The highest BCUT2D eigenvalue weighted by Crippen LogP contribution is 2.30. The number of ketones is 1. The van der Waals surface area contributed by atoms with Crippen molar-refractivity contribution in [3.63, 3.8) is 0 Å². The predicted octanol–water partition coefficient (Wildman–Crippen LogP) is 4.07. The van der Waals surface area contributed by atoms with Crippen molar-refractivity contribution in [1.82, 2.24) is 0 Å². The average Bonchev–Trinajstić information content (AvgIpc) is 2.44. The van der Waals surface area contributed by atoms with Gasteiger partial charge in [-0.3, -0.25) is 4.79 Å². The number of carbonyl (C=O) groups is 1. The molecule has 0 atom stereocenters. The largest absolute Gasteiger partial charge is 0.412 e. The van der Waals surface area contributed by atoms with Gasteiger partial charge < -0.3 is 5.48 Å². The summed E-state index contributed by atoms with van der Waals surface area (Å²) in [7, 11) is 0. The molecular formula is C19H22O2. The zero-order valence-electron chi connectivity index (χ0n) is 12.4. The molecule has 0 radical (unpaired) electrons. The number of rotatable bonds is 4. The summed E-state index contributed by atoms with van der Waals surface area (Å²) in [5, 5.41) is 0. The summed E-state index contributed by atoms with van der Waals surface area (Å²) in [6.45, 7) is 1.60. The highest BCUT2D eigenvalue weighted by molar-refractivity contribution is 5.94. The fourth-order valence-corrected chi connectivity index (χ4v) is 2.76. The topological polar surface area (TPSA) is 48.6 Å². The van der Waals surface area contributed by atoms with E-state index < -0.39 is 0 Å². The molecule has 3 rings (SSSR count). The molecule has 2 N–H and O–H groups in total. The fraction of sp³-hybridized carbons (Fsp3) is 0.316. The third-order valence-electron chi connectivity index (χ3n) is 4.33. The molecule has 0 aromatic heterocycles. The highest BCUT2D eigenvalue weighted by atomic mass is 16.1. The van der Waals surface area contributed by atoms with Gasteiger partial charge in [0.05, 0.1) is 0 Å². The van der Waals surface area contributed by atoms with Crippen LogP contribution in [0.2, 0.25) is 0 Å². The number of carbonyl (C=O) groups excluding carboxylic acids is 1. The van der Waals surface area contributed by atoms with Gasteiger partial charge in [0.2, 0.25) is 0 Å². The Morgan fingerprint density at radius 1 is 0.952 bits per heavy atom. The van der Waals surface area contributed by atoms with E-state index in [9.17, 15) is 4.79 Å². The Morgan fingerprint density at radius 3 is 1.90 bits per heavy atom. The van der Waals surface area contributed by atoms with E-state index in [0.717, 1.165) is 11.5 Å². The zero-order chi connectivity index (χ0) is 13.9. The quantitative estimate of drug-likeness (QED) is 0.780. The van der Waals surface area contributed by atoms with Crippen molar-refractivity contribution in [2.24, 2.45) is 5.92 Å². The first kappa shape index (κ1) is 15.5. The first-order chi connectivity index (χ1) is 9.72. The summed E-state index contributed by atoms with van der Waals surface area (Å²) in [5.74, 6) is 1.03. The predicted molar refractivity (Wildman–Crippen MR) is 86.5 cm³/mol. The molecule has 2 aromatic carbocycles. The molecule has 0 aliphatic heterocycles. The van der Waals surface area contributed by atoms with Gasteiger partial charge in [-0.15, -0.1) is 0 Å². The Bertz CT molecular complexity index is 592. The van der Waals surface area contributed by atoms with Crippen molar-refractivity contribution >= 4 is 5.78 Å². The summed E-state index contributed by atoms with van der Waals surface area (Å²) in [4.78, 5) is 11.3. The average molecular weight is 282 g/mol. The van der Waals surface area contributed by atoms with Gasteiger partial charge in [-0.2, -0.15) is 0 Å². The number of hydrogen-bond donors (Lipinski definition) is 0. The minimum Gasteiger partial charge on any atom is -0.412 e. The van der Waals surface area contributed by atoms with E-state index in [-0.39, 0.29) is 11.3 Å². The summed E-state index contributed by atoms with van der Waals surface area (Å²) in [5.41, 5.74) is 4.61. The molecule has 0 amide bonds. The minimum atomic E-state index is 0. The second-order valence-corrected chi connectivity index (χ2v) is 5.83. The highest BCUT2D eigenvalue weighted by Gasteiger charge is 2.17. The Hall–Kier alpha value is -1.93. The second-order valence-electron chi connectivity index (χ2n) is 5.83. The lowest BCUT2D eigenvalue weighted by atomic mass is 9.81. The van der Waals surface area contributed by atoms with Crippen LogP contribution in [0.15, 0.2) is 48.5 Å². The molecule has 0 saturated heterocycles. The number of benzene rings is 2. The third-order valence-corrected chi connectivity index (χ3v) is 4.33. The van der Waals surface area contributed by atoms with Crippen LogP contribution in [0.4, 0.5) is 0 Å². The monoisotopic (exact) mass is 282 g/mol. The van der Waals surface area contributed by atoms with E-state index in [1.54, 1.807) is 6.92 Å². The van der Waals surface area contributed by atoms with Crippen molar-refractivity contribution in [3.05, 3.63) is 59.7 Å². The minimum absolute atomic E-state index is 0. The Kier molecular flexibility index (Phi) is 4.92. The van der Waals surface area contributed by atoms with E-state index in [1.165, 1.54) is 42.4 Å². The van der Waals surface area contributed by atoms with Crippen molar-refractivity contribution in [3.8, 4) is 11.1 Å². The summed E-state index contributed by atoms with van der Waals surface area (Å²) >= 11 is 0. The number of Topliss-reactive ketones (excluding diaryl/α,β-unsaturated/α-hetero) is 1. The number of hydrogen-bond acceptors (Lipinski definition) is 1. The van der Waals surface area contributed by atoms with Crippen molar-refractivity contribution < 1.29 is 10.3 Å². The first-order valence-corrected chi connectivity index (χ1v) is 7.43. The van der Waals surface area contributed by atoms with Crippen LogP contribution in [-0.4, -0.2) is 11.3 Å². The maximum Gasteiger partial charge on any atom is 0.159 e. The summed E-state index contributed by atoms with van der Waals surface area (Å²) in [6.07, 6.45) is 5.43. The van der Waals surface area contributed by atoms with Crippen molar-refractivity contribution in [2.45, 2.75) is 32.6 Å². The molecular weight excluding hydrogens is 260 g/mol. The molecule has 1 saturated carbocycles. The van der Waals surface area contributed by atoms with Gasteiger partial charge >= 0.3 is 0 Å². The van der Waals surface area contributed by atoms with Crippen LogP contribution in [0.1, 0.15) is 42.1 Å². The lowest BCUT2D eigenvalue weighted by Crippen LogP contribution is -2.13. The zero-order valence-corrected chi connectivity index (χ0v) is 12.4. The molecule has 0 heterocycles. The Labute approximate surface area is 126 Å². The van der Waals surface area contributed by atoms with Gasteiger partial charge in [0.25, 0.3) is 0 Å². The van der Waals surface area contributed by atoms with Gasteiger partial charge in [-0.05, 0) is 36.0 Å². The fourth-order valence-electron chi connectivity index (χ4n) is 2.76. The van der Waals surface area contributed by atoms with E-state index >= 15 is 0 Å². The van der Waals surface area contributed by atoms with Crippen LogP contribution >= 0.6 is 0 Å². The third kappa shape index (κ3) is 3.59. The second kappa shape index (κ2) is 6.68. The molecule has 1 fully saturated rings. The Morgan fingerprint density at radius 2 is 1.48 bits per heavy atom. The van der Waals surface area contributed by atoms with Crippen LogP contribution in [0, 0.1) is 5.92 Å². The van der Waals surface area contributed by atoms with Crippen molar-refractivity contribution in [2.75, 3.05) is 0 Å². The molecule has 0 bridgehead atoms. The lowest BCUT2D eigenvalue weighted by Gasteiger charge is -2.25. The van der Waals surface area contributed by atoms with Gasteiger partial charge in [0.1, 0.15) is 0 Å². The van der Waals surface area contributed by atoms with Crippen LogP contribution in [0.25, 0.3) is 11.1 Å². The van der Waals surface area contributed by atoms with Gasteiger partial charge in [-0.25, -0.2) is 0 Å². The molecule has 2 aromatic rings. The van der Waals surface area contributed by atoms with Crippen molar-refractivity contribution in [1.29, 1.82) is 0 Å². The van der Waals surface area contributed by atoms with E-state index in [4.69, 9.17) is 0 Å². The molecule has 2 nitrogen and oxygen atoms in total. The summed E-state index contributed by atoms with van der Waals surface area (Å²) < 4.78 is 0. The smallest absolute Gasteiger partial charge is 0.159 e. The van der Waals surface area contributed by atoms with E-state index in [1.807, 2.05) is 24.3 Å². The van der Waals surface area contributed by atoms with Crippen LogP contribution < -0.4 is 0 Å². The molecule has 21 heavy (non-hydrogen) atoms. The summed E-state index contributed by atoms with van der Waals surface area (Å²) in [6, 6.07) is 16.7. The van der Waals surface area contributed by atoms with Gasteiger partial charge in [0, 0.05) is 5.56 Å². The standard InChI is InChI=1S/C19H20O.H2O/c1-14(20)17-9-11-19(12-10-17)18-7-5-16(6-8-18)13-15-3-2-4-15;/h5-12,15H,2-4,13H2,1H3;1H2. The molecule has 110 valence electrons. The van der Waals surface area contributed by atoms with Crippen LogP contribution in [0.3, 0.4) is 0 Å². The van der Waals surface area contributed by atoms with Crippen LogP contribution in [0.5, 0.6) is 0 Å². The first-order valence-electron chi connectivity index (χ1n) is 7.43. The maximum atomic E-state index is 11.3. The SMILES string of the molecule is CC(=O)c1ccc(-c2ccc(CC3CCC3)cc2)cc1.O. The maximum absolute atomic E-state index is 11.3.